The summed E-state index contributed by atoms with van der Waals surface area (Å²) in [5, 5.41) is 0. The number of benzene rings is 1. The molecule has 0 saturated heterocycles. The fraction of sp³-hybridized carbons (Fsp3) is 0.125. The summed E-state index contributed by atoms with van der Waals surface area (Å²) >= 11 is 5.34. The van der Waals surface area contributed by atoms with E-state index in [-0.39, 0.29) is 63.0 Å². The molecule has 1 aromatic carbocycles. The molecule has 0 heterocycles. The van der Waals surface area contributed by atoms with Crippen LogP contribution in [-0.4, -0.2) is 63.0 Å². The molecular formula is C8H8ClKO. The number of hydrogen-bond donors (Lipinski definition) is 0. The summed E-state index contributed by atoms with van der Waals surface area (Å²) in [5.41, 5.74) is 0.678. The second-order valence-corrected chi connectivity index (χ2v) is 2.19. The zero-order valence-corrected chi connectivity index (χ0v) is 6.14. The van der Waals surface area contributed by atoms with E-state index in [0.717, 1.165) is 0 Å². The van der Waals surface area contributed by atoms with Crippen molar-refractivity contribution in [1.29, 1.82) is 0 Å². The number of Topliss-reactive ketones (excluding diaryl/α,β-unsaturated/α-hetero) is 1. The molecule has 0 atom stereocenters. The summed E-state index contributed by atoms with van der Waals surface area (Å²) in [6.45, 7) is 0. The van der Waals surface area contributed by atoms with E-state index in [0.29, 0.717) is 5.56 Å². The van der Waals surface area contributed by atoms with E-state index >= 15 is 0 Å². The summed E-state index contributed by atoms with van der Waals surface area (Å²) in [6, 6.07) is 9.01. The minimum atomic E-state index is -0.0257. The quantitative estimate of drug-likeness (QED) is 0.396. The molecule has 0 radical (unpaired) electrons. The van der Waals surface area contributed by atoms with Gasteiger partial charge in [-0.1, -0.05) is 30.3 Å². The van der Waals surface area contributed by atoms with Gasteiger partial charge >= 0.3 is 51.4 Å². The van der Waals surface area contributed by atoms with Crippen LogP contribution in [0.15, 0.2) is 30.3 Å². The monoisotopic (exact) mass is 194 g/mol. The van der Waals surface area contributed by atoms with Gasteiger partial charge in [-0.25, -0.2) is 0 Å². The Labute approximate surface area is 114 Å². The fourth-order valence-corrected chi connectivity index (χ4v) is 0.856. The molecule has 0 spiro atoms. The van der Waals surface area contributed by atoms with E-state index in [4.69, 9.17) is 11.6 Å². The van der Waals surface area contributed by atoms with Gasteiger partial charge in [0, 0.05) is 5.56 Å². The molecule has 0 bridgehead atoms. The van der Waals surface area contributed by atoms with Gasteiger partial charge in [0.25, 0.3) is 0 Å². The van der Waals surface area contributed by atoms with Crippen LogP contribution in [0.5, 0.6) is 0 Å². The first-order valence-corrected chi connectivity index (χ1v) is 3.52. The molecule has 11 heavy (non-hydrogen) atoms. The summed E-state index contributed by atoms with van der Waals surface area (Å²) < 4.78 is 0. The summed E-state index contributed by atoms with van der Waals surface area (Å²) in [5.74, 6) is 0.0339. The van der Waals surface area contributed by atoms with Crippen LogP contribution in [0.4, 0.5) is 0 Å². The van der Waals surface area contributed by atoms with Crippen molar-refractivity contribution in [3.05, 3.63) is 35.9 Å². The van der Waals surface area contributed by atoms with Crippen molar-refractivity contribution in [2.75, 3.05) is 5.88 Å². The third-order valence-corrected chi connectivity index (χ3v) is 1.46. The first kappa shape index (κ1) is 11.8. The number of alkyl halides is 1. The standard InChI is InChI=1S/C8H7ClO.K.H/c9-6-8(10)7-4-2-1-3-5-7;;/h1-5H,6H2;;. The van der Waals surface area contributed by atoms with Crippen molar-refractivity contribution in [2.45, 2.75) is 0 Å². The molecule has 0 aliphatic carbocycles. The van der Waals surface area contributed by atoms with E-state index < -0.39 is 0 Å². The first-order valence-electron chi connectivity index (χ1n) is 2.99. The van der Waals surface area contributed by atoms with Gasteiger partial charge in [-0.15, -0.1) is 11.6 Å². The van der Waals surface area contributed by atoms with E-state index in [1.165, 1.54) is 0 Å². The van der Waals surface area contributed by atoms with E-state index in [9.17, 15) is 4.79 Å². The maximum atomic E-state index is 10.9. The number of carbonyl (C=O) groups is 1. The van der Waals surface area contributed by atoms with Crippen LogP contribution in [-0.2, 0) is 0 Å². The molecule has 0 saturated carbocycles. The molecular weight excluding hydrogens is 187 g/mol. The van der Waals surface area contributed by atoms with Crippen molar-refractivity contribution < 1.29 is 4.79 Å². The normalized spacial score (nSPS) is 8.45. The van der Waals surface area contributed by atoms with Gasteiger partial charge in [0.15, 0.2) is 5.78 Å². The molecule has 54 valence electrons. The second-order valence-electron chi connectivity index (χ2n) is 1.92. The van der Waals surface area contributed by atoms with Gasteiger partial charge in [-0.3, -0.25) is 4.79 Å². The third-order valence-electron chi connectivity index (χ3n) is 1.22. The van der Waals surface area contributed by atoms with E-state index in [1.807, 2.05) is 18.2 Å². The van der Waals surface area contributed by atoms with Crippen molar-refractivity contribution in [3.63, 3.8) is 0 Å². The first-order chi connectivity index (χ1) is 4.84. The van der Waals surface area contributed by atoms with E-state index in [1.54, 1.807) is 12.1 Å². The van der Waals surface area contributed by atoms with Gasteiger partial charge in [-0.05, 0) is 0 Å². The fourth-order valence-electron chi connectivity index (χ4n) is 0.701. The van der Waals surface area contributed by atoms with Crippen LogP contribution in [0.3, 0.4) is 0 Å². The molecule has 0 amide bonds. The Balaban J connectivity index is 0.000001000. The molecule has 1 aromatic rings. The topological polar surface area (TPSA) is 17.1 Å². The predicted octanol–water partition coefficient (Wildman–Crippen LogP) is 1.46. The van der Waals surface area contributed by atoms with Crippen molar-refractivity contribution >= 4 is 68.8 Å². The predicted molar refractivity (Wildman–Crippen MR) is 48.6 cm³/mol. The Bertz CT molecular complexity index is 223. The molecule has 0 aromatic heterocycles. The van der Waals surface area contributed by atoms with Gasteiger partial charge in [-0.2, -0.15) is 0 Å². The molecule has 1 nitrogen and oxygen atoms in total. The second kappa shape index (κ2) is 6.35. The molecule has 0 unspecified atom stereocenters. The number of halogens is 1. The SMILES string of the molecule is O=C(CCl)c1ccccc1.[KH]. The molecule has 3 heteroatoms. The van der Waals surface area contributed by atoms with Gasteiger partial charge in [0.05, 0.1) is 5.88 Å². The molecule has 0 N–H and O–H groups in total. The molecule has 0 aliphatic heterocycles. The minimum absolute atomic E-state index is 0. The van der Waals surface area contributed by atoms with Crippen molar-refractivity contribution in [1.82, 2.24) is 0 Å². The van der Waals surface area contributed by atoms with Crippen LogP contribution >= 0.6 is 11.6 Å². The maximum absolute atomic E-state index is 10.9. The average Bonchev–Trinajstić information content (AvgIpc) is 2.05. The number of hydrogen-bond acceptors (Lipinski definition) is 1. The van der Waals surface area contributed by atoms with Crippen LogP contribution in [0.2, 0.25) is 0 Å². The Morgan fingerprint density at radius 3 is 2.27 bits per heavy atom. The van der Waals surface area contributed by atoms with Gasteiger partial charge < -0.3 is 0 Å². The molecule has 0 aliphatic rings. The van der Waals surface area contributed by atoms with E-state index in [2.05, 4.69) is 0 Å². The average molecular weight is 195 g/mol. The van der Waals surface area contributed by atoms with Crippen LogP contribution in [0.1, 0.15) is 10.4 Å². The van der Waals surface area contributed by atoms with Crippen LogP contribution in [0.25, 0.3) is 0 Å². The van der Waals surface area contributed by atoms with Crippen molar-refractivity contribution in [3.8, 4) is 0 Å². The number of rotatable bonds is 2. The molecule has 0 fully saturated rings. The Morgan fingerprint density at radius 2 is 1.82 bits per heavy atom. The Hall–Kier alpha value is 0.816. The zero-order chi connectivity index (χ0) is 7.40. The summed E-state index contributed by atoms with van der Waals surface area (Å²) in [7, 11) is 0. The summed E-state index contributed by atoms with van der Waals surface area (Å²) in [4.78, 5) is 10.9. The number of carbonyl (C=O) groups excluding carboxylic acids is 1. The van der Waals surface area contributed by atoms with Crippen molar-refractivity contribution in [2.24, 2.45) is 0 Å². The summed E-state index contributed by atoms with van der Waals surface area (Å²) in [6.07, 6.45) is 0. The Morgan fingerprint density at radius 1 is 1.27 bits per heavy atom. The van der Waals surface area contributed by atoms with Crippen LogP contribution < -0.4 is 0 Å². The third kappa shape index (κ3) is 3.83. The number of ketones is 1. The van der Waals surface area contributed by atoms with Gasteiger partial charge in [0.1, 0.15) is 0 Å². The zero-order valence-electron chi connectivity index (χ0n) is 5.38. The molecule has 1 rings (SSSR count). The Kier molecular flexibility index (Phi) is 6.82. The van der Waals surface area contributed by atoms with Crippen LogP contribution in [0, 0.1) is 0 Å². The van der Waals surface area contributed by atoms with Gasteiger partial charge in [0.2, 0.25) is 0 Å².